The molecule has 0 saturated carbocycles. The molecule has 1 N–H and O–H groups in total. The van der Waals surface area contributed by atoms with Crippen molar-refractivity contribution in [2.24, 2.45) is 0 Å². The van der Waals surface area contributed by atoms with E-state index in [0.717, 1.165) is 16.9 Å². The SMILES string of the molecule is Cc1ccnn1-c1ccc(C(=O)N2[C@@H](c3ccccc3Cl)CC[C@H]2C(=O)O)cc1. The number of carbonyl (C=O) groups is 2. The van der Waals surface area contributed by atoms with Crippen LogP contribution < -0.4 is 0 Å². The second-order valence-corrected chi connectivity index (χ2v) is 7.52. The molecule has 1 aromatic heterocycles. The number of amides is 1. The van der Waals surface area contributed by atoms with E-state index in [9.17, 15) is 14.7 Å². The molecule has 6 nitrogen and oxygen atoms in total. The van der Waals surface area contributed by atoms with E-state index in [1.54, 1.807) is 29.1 Å². The molecule has 2 aromatic carbocycles. The van der Waals surface area contributed by atoms with Gasteiger partial charge in [-0.05, 0) is 61.7 Å². The normalized spacial score (nSPS) is 18.8. The van der Waals surface area contributed by atoms with Crippen molar-refractivity contribution in [3.63, 3.8) is 0 Å². The fraction of sp³-hybridized carbons (Fsp3) is 0.227. The number of likely N-dealkylation sites (tertiary alicyclic amines) is 1. The first-order valence-corrected chi connectivity index (χ1v) is 9.76. The number of aromatic nitrogens is 2. The molecule has 1 aliphatic heterocycles. The summed E-state index contributed by atoms with van der Waals surface area (Å²) < 4.78 is 1.77. The van der Waals surface area contributed by atoms with E-state index >= 15 is 0 Å². The number of rotatable bonds is 4. The van der Waals surface area contributed by atoms with E-state index in [1.165, 1.54) is 4.90 Å². The number of carbonyl (C=O) groups excluding carboxylic acids is 1. The van der Waals surface area contributed by atoms with Crippen molar-refractivity contribution in [1.29, 1.82) is 0 Å². The third-order valence-electron chi connectivity index (χ3n) is 5.36. The van der Waals surface area contributed by atoms with Gasteiger partial charge in [-0.1, -0.05) is 29.8 Å². The van der Waals surface area contributed by atoms with Gasteiger partial charge >= 0.3 is 5.97 Å². The molecular formula is C22H20ClN3O3. The summed E-state index contributed by atoms with van der Waals surface area (Å²) >= 11 is 6.35. The maximum absolute atomic E-state index is 13.3. The number of hydrogen-bond acceptors (Lipinski definition) is 3. The Labute approximate surface area is 173 Å². The van der Waals surface area contributed by atoms with Gasteiger partial charge in [-0.15, -0.1) is 0 Å². The molecule has 29 heavy (non-hydrogen) atoms. The van der Waals surface area contributed by atoms with Crippen LogP contribution in [0.1, 0.15) is 40.5 Å². The van der Waals surface area contributed by atoms with Gasteiger partial charge in [0.15, 0.2) is 0 Å². The fourth-order valence-electron chi connectivity index (χ4n) is 3.92. The van der Waals surface area contributed by atoms with Crippen molar-refractivity contribution in [3.05, 3.63) is 82.6 Å². The molecule has 0 unspecified atom stereocenters. The molecule has 0 bridgehead atoms. The van der Waals surface area contributed by atoms with Gasteiger partial charge in [0.2, 0.25) is 0 Å². The van der Waals surface area contributed by atoms with Gasteiger partial charge in [-0.2, -0.15) is 5.10 Å². The lowest BCUT2D eigenvalue weighted by atomic mass is 10.0. The second kappa shape index (κ2) is 7.72. The number of nitrogens with zero attached hydrogens (tertiary/aromatic N) is 3. The Morgan fingerprint density at radius 3 is 2.41 bits per heavy atom. The molecule has 0 aliphatic carbocycles. The first-order valence-electron chi connectivity index (χ1n) is 9.38. The third kappa shape index (κ3) is 3.51. The third-order valence-corrected chi connectivity index (χ3v) is 5.70. The Morgan fingerprint density at radius 2 is 1.79 bits per heavy atom. The van der Waals surface area contributed by atoms with E-state index in [1.807, 2.05) is 43.3 Å². The van der Waals surface area contributed by atoms with Crippen LogP contribution in [0.3, 0.4) is 0 Å². The van der Waals surface area contributed by atoms with Gasteiger partial charge in [0, 0.05) is 22.5 Å². The summed E-state index contributed by atoms with van der Waals surface area (Å²) in [5.74, 6) is -1.32. The van der Waals surface area contributed by atoms with E-state index in [4.69, 9.17) is 11.6 Å². The van der Waals surface area contributed by atoms with Gasteiger partial charge in [-0.25, -0.2) is 9.48 Å². The number of aliphatic carboxylic acids is 1. The average molecular weight is 410 g/mol. The summed E-state index contributed by atoms with van der Waals surface area (Å²) in [6.07, 6.45) is 2.66. The zero-order valence-electron chi connectivity index (χ0n) is 15.8. The molecule has 148 valence electrons. The van der Waals surface area contributed by atoms with Crippen LogP contribution >= 0.6 is 11.6 Å². The van der Waals surface area contributed by atoms with Crippen LogP contribution in [0, 0.1) is 6.92 Å². The van der Waals surface area contributed by atoms with Crippen molar-refractivity contribution in [3.8, 4) is 5.69 Å². The Bertz CT molecular complexity index is 1060. The lowest BCUT2D eigenvalue weighted by Gasteiger charge is -2.29. The van der Waals surface area contributed by atoms with Gasteiger partial charge in [0.25, 0.3) is 5.91 Å². The number of aryl methyl sites for hydroxylation is 1. The largest absolute Gasteiger partial charge is 0.480 e. The summed E-state index contributed by atoms with van der Waals surface area (Å²) in [6, 6.07) is 15.0. The van der Waals surface area contributed by atoms with Crippen molar-refractivity contribution in [2.45, 2.75) is 31.8 Å². The standard InChI is InChI=1S/C22H20ClN3O3/c1-14-12-13-24-26(14)16-8-6-15(7-9-16)21(27)25-19(10-11-20(25)22(28)29)17-4-2-3-5-18(17)23/h2-9,12-13,19-20H,10-11H2,1H3,(H,28,29)/t19-,20+/m1/s1. The molecular weight excluding hydrogens is 390 g/mol. The van der Waals surface area contributed by atoms with Crippen LogP contribution in [0.15, 0.2) is 60.8 Å². The highest BCUT2D eigenvalue weighted by Crippen LogP contribution is 2.40. The molecule has 1 amide bonds. The smallest absolute Gasteiger partial charge is 0.326 e. The minimum Gasteiger partial charge on any atom is -0.480 e. The average Bonchev–Trinajstić information content (AvgIpc) is 3.34. The number of carboxylic acids is 1. The first-order chi connectivity index (χ1) is 14.0. The van der Waals surface area contributed by atoms with E-state index in [2.05, 4.69) is 5.10 Å². The van der Waals surface area contributed by atoms with Gasteiger partial charge < -0.3 is 10.0 Å². The van der Waals surface area contributed by atoms with Crippen LogP contribution in [0.25, 0.3) is 5.69 Å². The maximum atomic E-state index is 13.3. The fourth-order valence-corrected chi connectivity index (χ4v) is 4.18. The quantitative estimate of drug-likeness (QED) is 0.698. The number of carboxylic acid groups (broad SMARTS) is 1. The highest BCUT2D eigenvalue weighted by molar-refractivity contribution is 6.31. The summed E-state index contributed by atoms with van der Waals surface area (Å²) in [5.41, 5.74) is 3.02. The van der Waals surface area contributed by atoms with Crippen LogP contribution in [-0.4, -0.2) is 37.7 Å². The molecule has 2 heterocycles. The second-order valence-electron chi connectivity index (χ2n) is 7.11. The highest BCUT2D eigenvalue weighted by Gasteiger charge is 2.42. The monoisotopic (exact) mass is 409 g/mol. The first kappa shape index (κ1) is 19.2. The lowest BCUT2D eigenvalue weighted by molar-refractivity contribution is -0.141. The van der Waals surface area contributed by atoms with Crippen molar-refractivity contribution < 1.29 is 14.7 Å². The topological polar surface area (TPSA) is 75.4 Å². The zero-order valence-corrected chi connectivity index (χ0v) is 16.6. The molecule has 7 heteroatoms. The predicted molar refractivity (Wildman–Crippen MR) is 109 cm³/mol. The number of halogens is 1. The molecule has 4 rings (SSSR count). The maximum Gasteiger partial charge on any atom is 0.326 e. The van der Waals surface area contributed by atoms with Crippen molar-refractivity contribution in [1.82, 2.24) is 14.7 Å². The van der Waals surface area contributed by atoms with E-state index < -0.39 is 12.0 Å². The summed E-state index contributed by atoms with van der Waals surface area (Å²) in [7, 11) is 0. The van der Waals surface area contributed by atoms with Crippen LogP contribution in [-0.2, 0) is 4.79 Å². The number of hydrogen-bond donors (Lipinski definition) is 1. The molecule has 1 saturated heterocycles. The number of benzene rings is 2. The molecule has 0 radical (unpaired) electrons. The summed E-state index contributed by atoms with van der Waals surface area (Å²) in [5, 5.41) is 14.5. The van der Waals surface area contributed by atoms with Crippen molar-refractivity contribution >= 4 is 23.5 Å². The molecule has 2 atom stereocenters. The lowest BCUT2D eigenvalue weighted by Crippen LogP contribution is -2.41. The van der Waals surface area contributed by atoms with Gasteiger partial charge in [-0.3, -0.25) is 4.79 Å². The summed E-state index contributed by atoms with van der Waals surface area (Å²) in [6.45, 7) is 1.95. The Morgan fingerprint density at radius 1 is 1.07 bits per heavy atom. The minimum atomic E-state index is -1.00. The minimum absolute atomic E-state index is 0.316. The van der Waals surface area contributed by atoms with Crippen molar-refractivity contribution in [2.75, 3.05) is 0 Å². The Balaban J connectivity index is 1.68. The van der Waals surface area contributed by atoms with Gasteiger partial charge in [0.1, 0.15) is 6.04 Å². The zero-order chi connectivity index (χ0) is 20.5. The van der Waals surface area contributed by atoms with Crippen LogP contribution in [0.5, 0.6) is 0 Å². The van der Waals surface area contributed by atoms with Gasteiger partial charge in [0.05, 0.1) is 11.7 Å². The van der Waals surface area contributed by atoms with E-state index in [-0.39, 0.29) is 11.9 Å². The Hall–Kier alpha value is -3.12. The van der Waals surface area contributed by atoms with Crippen LogP contribution in [0.2, 0.25) is 5.02 Å². The summed E-state index contributed by atoms with van der Waals surface area (Å²) in [4.78, 5) is 26.6. The van der Waals surface area contributed by atoms with E-state index in [0.29, 0.717) is 23.4 Å². The predicted octanol–water partition coefficient (Wildman–Crippen LogP) is 4.26. The molecule has 0 spiro atoms. The Kier molecular flexibility index (Phi) is 5.11. The molecule has 3 aromatic rings. The highest BCUT2D eigenvalue weighted by atomic mass is 35.5. The molecule has 1 fully saturated rings. The molecule has 1 aliphatic rings. The van der Waals surface area contributed by atoms with Crippen LogP contribution in [0.4, 0.5) is 0 Å².